The molecular weight excluding hydrogens is 430 g/mol. The summed E-state index contributed by atoms with van der Waals surface area (Å²) < 4.78 is 28.2. The van der Waals surface area contributed by atoms with E-state index in [9.17, 15) is 13.2 Å². The van der Waals surface area contributed by atoms with Gasteiger partial charge >= 0.3 is 0 Å². The molecule has 0 fully saturated rings. The van der Waals surface area contributed by atoms with Gasteiger partial charge in [0.2, 0.25) is 0 Å². The fourth-order valence-electron chi connectivity index (χ4n) is 3.72. The maximum atomic E-state index is 13.8. The van der Waals surface area contributed by atoms with Gasteiger partial charge in [0.25, 0.3) is 15.9 Å². The van der Waals surface area contributed by atoms with E-state index >= 15 is 0 Å². The second-order valence-electron chi connectivity index (χ2n) is 7.87. The molecule has 0 saturated carbocycles. The molecule has 4 nitrogen and oxygen atoms in total. The first-order chi connectivity index (χ1) is 16.0. The number of carbonyl (C=O) groups is 1. The number of hydrogen-bond acceptors (Lipinski definition) is 3. The number of sulfonamides is 1. The number of rotatable bonds is 7. The van der Waals surface area contributed by atoms with Gasteiger partial charge in [-0.3, -0.25) is 4.79 Å². The van der Waals surface area contributed by atoms with E-state index < -0.39 is 15.9 Å². The molecule has 166 valence electrons. The number of benzene rings is 4. The molecule has 4 aromatic carbocycles. The van der Waals surface area contributed by atoms with Crippen LogP contribution in [0, 0.1) is 6.92 Å². The lowest BCUT2D eigenvalue weighted by Crippen LogP contribution is -2.37. The van der Waals surface area contributed by atoms with E-state index in [0.29, 0.717) is 17.7 Å². The van der Waals surface area contributed by atoms with Gasteiger partial charge in [0.15, 0.2) is 0 Å². The van der Waals surface area contributed by atoms with Crippen LogP contribution in [0.5, 0.6) is 0 Å². The van der Waals surface area contributed by atoms with Gasteiger partial charge in [0.1, 0.15) is 0 Å². The van der Waals surface area contributed by atoms with Crippen LogP contribution in [-0.4, -0.2) is 14.3 Å². The first-order valence-electron chi connectivity index (χ1n) is 10.8. The number of amides is 1. The van der Waals surface area contributed by atoms with E-state index in [-0.39, 0.29) is 4.90 Å². The molecule has 0 spiro atoms. The quantitative estimate of drug-likeness (QED) is 0.353. The Labute approximate surface area is 195 Å². The number of carbonyl (C=O) groups excluding carboxylic acids is 1. The molecule has 0 aliphatic heterocycles. The zero-order valence-electron chi connectivity index (χ0n) is 18.4. The predicted octanol–water partition coefficient (Wildman–Crippen LogP) is 5.82. The largest absolute Gasteiger partial charge is 0.272 e. The van der Waals surface area contributed by atoms with Gasteiger partial charge in [0, 0.05) is 5.56 Å². The molecule has 0 aliphatic rings. The van der Waals surface area contributed by atoms with Crippen LogP contribution in [0.2, 0.25) is 0 Å². The molecule has 5 heteroatoms. The van der Waals surface area contributed by atoms with E-state index in [0.717, 1.165) is 27.4 Å². The first-order valence-corrected chi connectivity index (χ1v) is 12.2. The Morgan fingerprint density at radius 1 is 0.697 bits per heavy atom. The summed E-state index contributed by atoms with van der Waals surface area (Å²) in [7, 11) is -4.12. The molecule has 0 bridgehead atoms. The van der Waals surface area contributed by atoms with Gasteiger partial charge < -0.3 is 0 Å². The Bertz CT molecular complexity index is 1330. The standard InChI is InChI=1S/C28H25NO3S/c1-22-16-20-26(21-17-22)33(31,32)29(25-13-6-3-7-14-25)28(30)27-15-9-8-12-24(27)19-18-23-10-4-2-5-11-23/h2-17,20-21H,18-19H2,1H3. The summed E-state index contributed by atoms with van der Waals surface area (Å²) in [5.74, 6) is -0.564. The minimum atomic E-state index is -4.12. The number of para-hydroxylation sites is 1. The van der Waals surface area contributed by atoms with Crippen molar-refractivity contribution < 1.29 is 13.2 Å². The third kappa shape index (κ3) is 5.04. The average molecular weight is 456 g/mol. The highest BCUT2D eigenvalue weighted by Crippen LogP contribution is 2.27. The second-order valence-corrected chi connectivity index (χ2v) is 9.65. The van der Waals surface area contributed by atoms with Crippen molar-refractivity contribution in [1.29, 1.82) is 0 Å². The fourth-order valence-corrected chi connectivity index (χ4v) is 5.13. The predicted molar refractivity (Wildman–Crippen MR) is 132 cm³/mol. The third-order valence-corrected chi connectivity index (χ3v) is 7.23. The number of nitrogens with zero attached hydrogens (tertiary/aromatic N) is 1. The molecule has 4 rings (SSSR count). The van der Waals surface area contributed by atoms with Crippen molar-refractivity contribution in [2.45, 2.75) is 24.7 Å². The summed E-state index contributed by atoms with van der Waals surface area (Å²) in [5.41, 5.74) is 3.60. The van der Waals surface area contributed by atoms with Crippen LogP contribution in [0.4, 0.5) is 5.69 Å². The highest BCUT2D eigenvalue weighted by Gasteiger charge is 2.32. The Morgan fingerprint density at radius 2 is 1.27 bits per heavy atom. The minimum Gasteiger partial charge on any atom is -0.268 e. The fraction of sp³-hybridized carbons (Fsp3) is 0.107. The molecular formula is C28H25NO3S. The summed E-state index contributed by atoms with van der Waals surface area (Å²) in [6, 6.07) is 32.3. The van der Waals surface area contributed by atoms with E-state index in [1.165, 1.54) is 12.1 Å². The second kappa shape index (κ2) is 9.84. The van der Waals surface area contributed by atoms with Crippen molar-refractivity contribution in [3.63, 3.8) is 0 Å². The zero-order valence-corrected chi connectivity index (χ0v) is 19.2. The number of aryl methyl sites for hydroxylation is 3. The molecule has 1 amide bonds. The van der Waals surface area contributed by atoms with E-state index in [4.69, 9.17) is 0 Å². The highest BCUT2D eigenvalue weighted by atomic mass is 32.2. The molecule has 0 saturated heterocycles. The van der Waals surface area contributed by atoms with Gasteiger partial charge in [-0.15, -0.1) is 0 Å². The first kappa shape index (κ1) is 22.5. The molecule has 0 aromatic heterocycles. The van der Waals surface area contributed by atoms with E-state index in [2.05, 4.69) is 0 Å². The van der Waals surface area contributed by atoms with Gasteiger partial charge in [-0.2, -0.15) is 4.31 Å². The van der Waals surface area contributed by atoms with Crippen molar-refractivity contribution >= 4 is 21.6 Å². The van der Waals surface area contributed by atoms with Crippen molar-refractivity contribution in [3.05, 3.63) is 131 Å². The summed E-state index contributed by atoms with van der Waals surface area (Å²) in [6.07, 6.45) is 1.38. The van der Waals surface area contributed by atoms with Crippen molar-refractivity contribution in [2.75, 3.05) is 4.31 Å². The Morgan fingerprint density at radius 3 is 1.94 bits per heavy atom. The average Bonchev–Trinajstić information content (AvgIpc) is 2.84. The normalized spacial score (nSPS) is 11.2. The van der Waals surface area contributed by atoms with Crippen molar-refractivity contribution in [3.8, 4) is 0 Å². The number of hydrogen-bond donors (Lipinski definition) is 0. The van der Waals surface area contributed by atoms with Crippen molar-refractivity contribution in [2.24, 2.45) is 0 Å². The van der Waals surface area contributed by atoms with Gasteiger partial charge in [-0.1, -0.05) is 84.4 Å². The van der Waals surface area contributed by atoms with Gasteiger partial charge in [-0.25, -0.2) is 8.42 Å². The highest BCUT2D eigenvalue weighted by molar-refractivity contribution is 7.93. The summed E-state index contributed by atoms with van der Waals surface area (Å²) in [4.78, 5) is 13.9. The van der Waals surface area contributed by atoms with Gasteiger partial charge in [0.05, 0.1) is 10.6 Å². The SMILES string of the molecule is Cc1ccc(S(=O)(=O)N(C(=O)c2ccccc2CCc2ccccc2)c2ccccc2)cc1. The Hall–Kier alpha value is -3.70. The number of anilines is 1. The lowest BCUT2D eigenvalue weighted by Gasteiger charge is -2.24. The summed E-state index contributed by atoms with van der Waals surface area (Å²) in [5, 5.41) is 0. The molecule has 0 unspecified atom stereocenters. The van der Waals surface area contributed by atoms with Crippen molar-refractivity contribution in [1.82, 2.24) is 0 Å². The Balaban J connectivity index is 1.75. The molecule has 0 heterocycles. The minimum absolute atomic E-state index is 0.0760. The van der Waals surface area contributed by atoms with Gasteiger partial charge in [-0.05, 0) is 61.2 Å². The topological polar surface area (TPSA) is 54.5 Å². The summed E-state index contributed by atoms with van der Waals surface area (Å²) >= 11 is 0. The van der Waals surface area contributed by atoms with Crippen LogP contribution >= 0.6 is 0 Å². The van der Waals surface area contributed by atoms with Crippen LogP contribution < -0.4 is 4.31 Å². The van der Waals surface area contributed by atoms with Crippen LogP contribution in [0.1, 0.15) is 27.0 Å². The maximum Gasteiger partial charge on any atom is 0.272 e. The molecule has 0 atom stereocenters. The Kier molecular flexibility index (Phi) is 6.71. The monoisotopic (exact) mass is 455 g/mol. The van der Waals surface area contributed by atoms with Crippen LogP contribution in [0.25, 0.3) is 0 Å². The molecule has 4 aromatic rings. The third-order valence-electron chi connectivity index (χ3n) is 5.51. The molecule has 0 N–H and O–H groups in total. The summed E-state index contributed by atoms with van der Waals surface area (Å²) in [6.45, 7) is 1.89. The zero-order chi connectivity index (χ0) is 23.3. The molecule has 0 aliphatic carbocycles. The smallest absolute Gasteiger partial charge is 0.268 e. The van der Waals surface area contributed by atoms with Crippen LogP contribution in [0.15, 0.2) is 114 Å². The van der Waals surface area contributed by atoms with Crippen LogP contribution in [0.3, 0.4) is 0 Å². The van der Waals surface area contributed by atoms with E-state index in [1.54, 1.807) is 54.6 Å². The van der Waals surface area contributed by atoms with Crippen LogP contribution in [-0.2, 0) is 22.9 Å². The lowest BCUT2D eigenvalue weighted by atomic mass is 9.99. The maximum absolute atomic E-state index is 13.8. The lowest BCUT2D eigenvalue weighted by molar-refractivity contribution is 0.100. The van der Waals surface area contributed by atoms with E-state index in [1.807, 2.05) is 49.4 Å². The molecule has 0 radical (unpaired) electrons. The molecule has 33 heavy (non-hydrogen) atoms.